The molecule has 21 heavy (non-hydrogen) atoms. The fourth-order valence-corrected chi connectivity index (χ4v) is 3.08. The Morgan fingerprint density at radius 1 is 1.48 bits per heavy atom. The van der Waals surface area contributed by atoms with E-state index in [9.17, 15) is 5.11 Å². The van der Waals surface area contributed by atoms with E-state index in [1.54, 1.807) is 0 Å². The summed E-state index contributed by atoms with van der Waals surface area (Å²) in [6, 6.07) is 1.97. The summed E-state index contributed by atoms with van der Waals surface area (Å²) in [5.74, 6) is 0.736. The van der Waals surface area contributed by atoms with Crippen molar-refractivity contribution >= 4 is 23.0 Å². The Morgan fingerprint density at radius 2 is 2.10 bits per heavy atom. The molecule has 0 radical (unpaired) electrons. The van der Waals surface area contributed by atoms with E-state index in [-0.39, 0.29) is 0 Å². The predicted octanol–water partition coefficient (Wildman–Crippen LogP) is 1.31. The topological polar surface area (TPSA) is 71.6 Å². The van der Waals surface area contributed by atoms with E-state index in [1.807, 2.05) is 31.9 Å². The van der Waals surface area contributed by atoms with Crippen molar-refractivity contribution in [3.05, 3.63) is 22.9 Å². The number of anilines is 1. The van der Waals surface area contributed by atoms with Crippen molar-refractivity contribution in [3.63, 3.8) is 0 Å². The Kier molecular flexibility index (Phi) is 4.81. The molecule has 1 aromatic heterocycles. The molecular weight excluding hydrogens is 286 g/mol. The molecule has 0 bridgehead atoms. The Labute approximate surface area is 131 Å². The van der Waals surface area contributed by atoms with Gasteiger partial charge in [0.2, 0.25) is 0 Å². The maximum atomic E-state index is 10.7. The number of aliphatic hydroxyl groups is 1. The number of pyridine rings is 1. The van der Waals surface area contributed by atoms with E-state index in [4.69, 9.17) is 22.7 Å². The lowest BCUT2D eigenvalue weighted by atomic mass is 9.93. The van der Waals surface area contributed by atoms with Crippen LogP contribution in [0.1, 0.15) is 29.7 Å². The molecule has 2 rings (SSSR count). The van der Waals surface area contributed by atoms with E-state index in [1.165, 1.54) is 0 Å². The fourth-order valence-electron chi connectivity index (χ4n) is 2.82. The number of nitrogens with two attached hydrogens (primary N) is 1. The normalized spacial score (nSPS) is 17.5. The quantitative estimate of drug-likeness (QED) is 0.817. The van der Waals surface area contributed by atoms with Gasteiger partial charge in [0.15, 0.2) is 0 Å². The molecule has 1 aliphatic rings. The molecule has 0 spiro atoms. The minimum atomic E-state index is -0.750. The number of ether oxygens (including phenoxy) is 1. The smallest absolute Gasteiger partial charge is 0.139 e. The van der Waals surface area contributed by atoms with Crippen molar-refractivity contribution in [2.75, 3.05) is 31.7 Å². The Bertz CT molecular complexity index is 542. The molecule has 0 aliphatic carbocycles. The predicted molar refractivity (Wildman–Crippen MR) is 87.9 cm³/mol. The Hall–Kier alpha value is -1.24. The number of aryl methyl sites for hydroxylation is 2. The summed E-state index contributed by atoms with van der Waals surface area (Å²) in [6.07, 6.45) is 1.26. The highest BCUT2D eigenvalue weighted by Crippen LogP contribution is 2.26. The van der Waals surface area contributed by atoms with Crippen molar-refractivity contribution < 1.29 is 9.84 Å². The van der Waals surface area contributed by atoms with E-state index in [0.717, 1.165) is 22.6 Å². The van der Waals surface area contributed by atoms with Crippen LogP contribution in [0.15, 0.2) is 6.07 Å². The van der Waals surface area contributed by atoms with Gasteiger partial charge in [0, 0.05) is 45.3 Å². The summed E-state index contributed by atoms with van der Waals surface area (Å²) in [5.41, 5.74) is 7.81. The molecule has 1 fully saturated rings. The zero-order valence-corrected chi connectivity index (χ0v) is 13.7. The zero-order valence-electron chi connectivity index (χ0n) is 12.8. The Morgan fingerprint density at radius 3 is 2.67 bits per heavy atom. The second-order valence-corrected chi connectivity index (χ2v) is 6.28. The maximum absolute atomic E-state index is 10.7. The molecule has 0 amide bonds. The van der Waals surface area contributed by atoms with Gasteiger partial charge in [-0.1, -0.05) is 12.2 Å². The first-order chi connectivity index (χ1) is 9.82. The van der Waals surface area contributed by atoms with Gasteiger partial charge in [0.1, 0.15) is 10.8 Å². The van der Waals surface area contributed by atoms with Gasteiger partial charge < -0.3 is 20.5 Å². The molecular formula is C15H23N3O2S. The third-order valence-electron chi connectivity index (χ3n) is 3.89. The third kappa shape index (κ3) is 3.70. The maximum Gasteiger partial charge on any atom is 0.139 e. The lowest BCUT2D eigenvalue weighted by Gasteiger charge is -2.36. The van der Waals surface area contributed by atoms with Crippen molar-refractivity contribution in [2.24, 2.45) is 5.73 Å². The van der Waals surface area contributed by atoms with Gasteiger partial charge in [-0.05, 0) is 25.5 Å². The van der Waals surface area contributed by atoms with Crippen LogP contribution in [0.5, 0.6) is 0 Å². The minimum absolute atomic E-state index is 0.334. The van der Waals surface area contributed by atoms with Crippen LogP contribution in [0.4, 0.5) is 5.82 Å². The molecule has 116 valence electrons. The molecule has 0 aromatic carbocycles. The van der Waals surface area contributed by atoms with E-state index in [2.05, 4.69) is 4.98 Å². The monoisotopic (exact) mass is 309 g/mol. The van der Waals surface area contributed by atoms with Crippen LogP contribution in [0.25, 0.3) is 0 Å². The second-order valence-electron chi connectivity index (χ2n) is 5.84. The van der Waals surface area contributed by atoms with Crippen LogP contribution in [0, 0.1) is 13.8 Å². The number of hydrogen-bond acceptors (Lipinski definition) is 5. The van der Waals surface area contributed by atoms with E-state index < -0.39 is 5.60 Å². The number of thiocarbonyl (C=S) groups is 1. The van der Waals surface area contributed by atoms with Crippen LogP contribution >= 0.6 is 12.2 Å². The second kappa shape index (κ2) is 6.25. The third-order valence-corrected chi connectivity index (χ3v) is 4.09. The number of nitrogens with zero attached hydrogens (tertiary/aromatic N) is 2. The first-order valence-electron chi connectivity index (χ1n) is 7.12. The first kappa shape index (κ1) is 16.1. The van der Waals surface area contributed by atoms with Crippen LogP contribution in [0.2, 0.25) is 0 Å². The van der Waals surface area contributed by atoms with Gasteiger partial charge in [0.05, 0.1) is 11.2 Å². The summed E-state index contributed by atoms with van der Waals surface area (Å²) in [5, 5.41) is 10.7. The van der Waals surface area contributed by atoms with Gasteiger partial charge in [-0.25, -0.2) is 4.98 Å². The van der Waals surface area contributed by atoms with Crippen LogP contribution < -0.4 is 10.6 Å². The zero-order chi connectivity index (χ0) is 15.6. The molecule has 1 saturated heterocycles. The number of likely N-dealkylation sites (N-methyl/N-ethyl adjacent to an activating group) is 1. The number of hydrogen-bond donors (Lipinski definition) is 2. The van der Waals surface area contributed by atoms with Gasteiger partial charge in [0.25, 0.3) is 0 Å². The molecule has 2 heterocycles. The highest BCUT2D eigenvalue weighted by molar-refractivity contribution is 7.80. The Balaban J connectivity index is 2.30. The average molecular weight is 309 g/mol. The van der Waals surface area contributed by atoms with Crippen molar-refractivity contribution in [1.82, 2.24) is 4.98 Å². The van der Waals surface area contributed by atoms with Crippen LogP contribution in [-0.2, 0) is 4.74 Å². The standard InChI is InChI=1S/C15H23N3O2S/c1-10-8-11(2)17-14(12(10)13(16)21)18(3)9-15(19)4-6-20-7-5-15/h8,19H,4-7,9H2,1-3H3,(H2,16,21). The largest absolute Gasteiger partial charge is 0.389 e. The summed E-state index contributed by atoms with van der Waals surface area (Å²) in [6.45, 7) is 5.59. The van der Waals surface area contributed by atoms with E-state index in [0.29, 0.717) is 37.6 Å². The molecule has 0 unspecified atom stereocenters. The average Bonchev–Trinajstić information content (AvgIpc) is 2.37. The van der Waals surface area contributed by atoms with Crippen molar-refractivity contribution in [1.29, 1.82) is 0 Å². The lowest BCUT2D eigenvalue weighted by Crippen LogP contribution is -2.46. The summed E-state index contributed by atoms with van der Waals surface area (Å²) in [7, 11) is 1.91. The lowest BCUT2D eigenvalue weighted by molar-refractivity contribution is -0.0573. The summed E-state index contributed by atoms with van der Waals surface area (Å²) in [4.78, 5) is 6.85. The van der Waals surface area contributed by atoms with Gasteiger partial charge in [-0.2, -0.15) is 0 Å². The number of rotatable bonds is 4. The fraction of sp³-hybridized carbons (Fsp3) is 0.600. The number of aromatic nitrogens is 1. The summed E-state index contributed by atoms with van der Waals surface area (Å²) >= 11 is 5.16. The summed E-state index contributed by atoms with van der Waals surface area (Å²) < 4.78 is 5.32. The van der Waals surface area contributed by atoms with Gasteiger partial charge in [-0.3, -0.25) is 0 Å². The molecule has 5 nitrogen and oxygen atoms in total. The molecule has 0 atom stereocenters. The highest BCUT2D eigenvalue weighted by Gasteiger charge is 2.32. The SMILES string of the molecule is Cc1cc(C)c(C(N)=S)c(N(C)CC2(O)CCOCC2)n1. The van der Waals surface area contributed by atoms with Crippen molar-refractivity contribution in [3.8, 4) is 0 Å². The highest BCUT2D eigenvalue weighted by atomic mass is 32.1. The van der Waals surface area contributed by atoms with Crippen LogP contribution in [-0.4, -0.2) is 47.5 Å². The van der Waals surface area contributed by atoms with Gasteiger partial charge in [-0.15, -0.1) is 0 Å². The van der Waals surface area contributed by atoms with Crippen LogP contribution in [0.3, 0.4) is 0 Å². The minimum Gasteiger partial charge on any atom is -0.389 e. The molecule has 3 N–H and O–H groups in total. The molecule has 6 heteroatoms. The molecule has 1 aromatic rings. The molecule has 1 aliphatic heterocycles. The van der Waals surface area contributed by atoms with Gasteiger partial charge >= 0.3 is 0 Å². The molecule has 0 saturated carbocycles. The van der Waals surface area contributed by atoms with E-state index >= 15 is 0 Å². The van der Waals surface area contributed by atoms with Crippen molar-refractivity contribution in [2.45, 2.75) is 32.3 Å². The first-order valence-corrected chi connectivity index (χ1v) is 7.52.